The molecule has 0 radical (unpaired) electrons. The Morgan fingerprint density at radius 1 is 1.31 bits per heavy atom. The summed E-state index contributed by atoms with van der Waals surface area (Å²) in [6.45, 7) is 4.04. The minimum absolute atomic E-state index is 0.884. The van der Waals surface area contributed by atoms with Crippen LogP contribution in [0.3, 0.4) is 0 Å². The van der Waals surface area contributed by atoms with Gasteiger partial charge in [0.1, 0.15) is 0 Å². The SMILES string of the molecule is CCc1ccsc1CNCc1cccnc1. The van der Waals surface area contributed by atoms with Gasteiger partial charge in [-0.2, -0.15) is 0 Å². The maximum Gasteiger partial charge on any atom is 0.0312 e. The fraction of sp³-hybridized carbons (Fsp3) is 0.308. The smallest absolute Gasteiger partial charge is 0.0312 e. The number of pyridine rings is 1. The summed E-state index contributed by atoms with van der Waals surface area (Å²) in [5, 5.41) is 5.62. The molecule has 2 nitrogen and oxygen atoms in total. The van der Waals surface area contributed by atoms with E-state index in [0.29, 0.717) is 0 Å². The van der Waals surface area contributed by atoms with E-state index in [1.165, 1.54) is 16.0 Å². The molecule has 2 heterocycles. The zero-order chi connectivity index (χ0) is 11.2. The Morgan fingerprint density at radius 3 is 3.00 bits per heavy atom. The van der Waals surface area contributed by atoms with Gasteiger partial charge in [-0.15, -0.1) is 11.3 Å². The highest BCUT2D eigenvalue weighted by Crippen LogP contribution is 2.16. The van der Waals surface area contributed by atoms with Gasteiger partial charge < -0.3 is 5.32 Å². The molecule has 3 heteroatoms. The lowest BCUT2D eigenvalue weighted by Gasteiger charge is -2.04. The van der Waals surface area contributed by atoms with Crippen molar-refractivity contribution in [3.8, 4) is 0 Å². The van der Waals surface area contributed by atoms with Gasteiger partial charge in [-0.3, -0.25) is 4.98 Å². The van der Waals surface area contributed by atoms with Gasteiger partial charge in [-0.1, -0.05) is 13.0 Å². The largest absolute Gasteiger partial charge is 0.308 e. The van der Waals surface area contributed by atoms with E-state index < -0.39 is 0 Å². The predicted molar refractivity (Wildman–Crippen MR) is 68.5 cm³/mol. The third-order valence-electron chi connectivity index (χ3n) is 2.56. The summed E-state index contributed by atoms with van der Waals surface area (Å²) in [6.07, 6.45) is 4.83. The van der Waals surface area contributed by atoms with Gasteiger partial charge in [0.15, 0.2) is 0 Å². The summed E-state index contributed by atoms with van der Waals surface area (Å²) in [4.78, 5) is 5.55. The molecule has 0 saturated heterocycles. The molecule has 0 atom stereocenters. The number of thiophene rings is 1. The average molecular weight is 232 g/mol. The number of nitrogens with one attached hydrogen (secondary N) is 1. The Hall–Kier alpha value is -1.19. The second-order valence-corrected chi connectivity index (χ2v) is 4.69. The molecule has 2 aromatic heterocycles. The van der Waals surface area contributed by atoms with Gasteiger partial charge in [0, 0.05) is 30.4 Å². The lowest BCUT2D eigenvalue weighted by Crippen LogP contribution is -2.12. The molecule has 1 N–H and O–H groups in total. The second-order valence-electron chi connectivity index (χ2n) is 3.69. The minimum atomic E-state index is 0.884. The molecule has 0 bridgehead atoms. The van der Waals surface area contributed by atoms with Crippen LogP contribution in [0.4, 0.5) is 0 Å². The van der Waals surface area contributed by atoms with Crippen molar-refractivity contribution in [1.82, 2.24) is 10.3 Å². The van der Waals surface area contributed by atoms with Crippen LogP contribution in [0, 0.1) is 0 Å². The van der Waals surface area contributed by atoms with Gasteiger partial charge in [0.05, 0.1) is 0 Å². The van der Waals surface area contributed by atoms with Crippen molar-refractivity contribution in [2.75, 3.05) is 0 Å². The van der Waals surface area contributed by atoms with Crippen LogP contribution in [0.15, 0.2) is 36.0 Å². The van der Waals surface area contributed by atoms with Crippen molar-refractivity contribution in [2.45, 2.75) is 26.4 Å². The summed E-state index contributed by atoms with van der Waals surface area (Å²) < 4.78 is 0. The fourth-order valence-electron chi connectivity index (χ4n) is 1.66. The standard InChI is InChI=1S/C13H16N2S/c1-2-12-5-7-16-13(12)10-15-9-11-4-3-6-14-8-11/h3-8,15H,2,9-10H2,1H3. The van der Waals surface area contributed by atoms with Crippen LogP contribution in [-0.4, -0.2) is 4.98 Å². The van der Waals surface area contributed by atoms with Crippen LogP contribution in [0.2, 0.25) is 0 Å². The Bertz CT molecular complexity index is 423. The highest BCUT2D eigenvalue weighted by atomic mass is 32.1. The topological polar surface area (TPSA) is 24.9 Å². The molecule has 0 spiro atoms. The summed E-state index contributed by atoms with van der Waals surface area (Å²) in [6, 6.07) is 6.28. The summed E-state index contributed by atoms with van der Waals surface area (Å²) in [5.74, 6) is 0. The molecule has 16 heavy (non-hydrogen) atoms. The number of aromatic nitrogens is 1. The molecule has 0 amide bonds. The average Bonchev–Trinajstić information content (AvgIpc) is 2.78. The Balaban J connectivity index is 1.85. The van der Waals surface area contributed by atoms with E-state index in [1.54, 1.807) is 6.20 Å². The highest BCUT2D eigenvalue weighted by Gasteiger charge is 2.01. The molecule has 0 aromatic carbocycles. The fourth-order valence-corrected chi connectivity index (χ4v) is 2.61. The molecule has 84 valence electrons. The number of hydrogen-bond acceptors (Lipinski definition) is 3. The Kier molecular flexibility index (Phi) is 4.08. The zero-order valence-electron chi connectivity index (χ0n) is 9.44. The van der Waals surface area contributed by atoms with E-state index in [-0.39, 0.29) is 0 Å². The Labute approximate surface area is 100 Å². The lowest BCUT2D eigenvalue weighted by atomic mass is 10.2. The highest BCUT2D eigenvalue weighted by molar-refractivity contribution is 7.10. The number of hydrogen-bond donors (Lipinski definition) is 1. The van der Waals surface area contributed by atoms with E-state index in [9.17, 15) is 0 Å². The van der Waals surface area contributed by atoms with Crippen molar-refractivity contribution in [3.63, 3.8) is 0 Å². The molecule has 2 aromatic rings. The molecule has 0 saturated carbocycles. The third kappa shape index (κ3) is 2.90. The van der Waals surface area contributed by atoms with Crippen molar-refractivity contribution < 1.29 is 0 Å². The normalized spacial score (nSPS) is 10.6. The number of rotatable bonds is 5. The summed E-state index contributed by atoms with van der Waals surface area (Å²) in [7, 11) is 0. The van der Waals surface area contributed by atoms with Gasteiger partial charge >= 0.3 is 0 Å². The van der Waals surface area contributed by atoms with E-state index >= 15 is 0 Å². The van der Waals surface area contributed by atoms with E-state index in [2.05, 4.69) is 34.7 Å². The monoisotopic (exact) mass is 232 g/mol. The third-order valence-corrected chi connectivity index (χ3v) is 3.52. The first-order chi connectivity index (χ1) is 7.90. The first-order valence-corrected chi connectivity index (χ1v) is 6.43. The van der Waals surface area contributed by atoms with Crippen LogP contribution in [0.5, 0.6) is 0 Å². The van der Waals surface area contributed by atoms with E-state index in [1.807, 2.05) is 23.6 Å². The zero-order valence-corrected chi connectivity index (χ0v) is 10.3. The maximum absolute atomic E-state index is 4.10. The Morgan fingerprint density at radius 2 is 2.25 bits per heavy atom. The van der Waals surface area contributed by atoms with Crippen LogP contribution < -0.4 is 5.32 Å². The van der Waals surface area contributed by atoms with E-state index in [4.69, 9.17) is 0 Å². The molecule has 0 aliphatic carbocycles. The molecule has 0 fully saturated rings. The van der Waals surface area contributed by atoms with Crippen LogP contribution in [0.1, 0.15) is 22.9 Å². The summed E-state index contributed by atoms with van der Waals surface area (Å²) >= 11 is 1.83. The number of aryl methyl sites for hydroxylation is 1. The van der Waals surface area contributed by atoms with Gasteiger partial charge in [0.25, 0.3) is 0 Å². The van der Waals surface area contributed by atoms with Crippen LogP contribution >= 0.6 is 11.3 Å². The van der Waals surface area contributed by atoms with Crippen molar-refractivity contribution in [2.24, 2.45) is 0 Å². The summed E-state index contributed by atoms with van der Waals surface area (Å²) in [5.41, 5.74) is 2.70. The molecule has 0 unspecified atom stereocenters. The molecular weight excluding hydrogens is 216 g/mol. The first-order valence-electron chi connectivity index (χ1n) is 5.55. The van der Waals surface area contributed by atoms with Crippen molar-refractivity contribution >= 4 is 11.3 Å². The van der Waals surface area contributed by atoms with Crippen LogP contribution in [-0.2, 0) is 19.5 Å². The predicted octanol–water partition coefficient (Wildman–Crippen LogP) is 3.00. The minimum Gasteiger partial charge on any atom is -0.308 e. The van der Waals surface area contributed by atoms with Crippen LogP contribution in [0.25, 0.3) is 0 Å². The molecule has 0 aliphatic heterocycles. The van der Waals surface area contributed by atoms with Gasteiger partial charge in [-0.05, 0) is 35.1 Å². The van der Waals surface area contributed by atoms with Crippen molar-refractivity contribution in [3.05, 3.63) is 52.0 Å². The van der Waals surface area contributed by atoms with Gasteiger partial charge in [-0.25, -0.2) is 0 Å². The maximum atomic E-state index is 4.10. The molecule has 2 rings (SSSR count). The quantitative estimate of drug-likeness (QED) is 0.857. The van der Waals surface area contributed by atoms with Gasteiger partial charge in [0.2, 0.25) is 0 Å². The lowest BCUT2D eigenvalue weighted by molar-refractivity contribution is 0.695. The van der Waals surface area contributed by atoms with Crippen molar-refractivity contribution in [1.29, 1.82) is 0 Å². The first kappa shape index (κ1) is 11.3. The number of nitrogens with zero attached hydrogens (tertiary/aromatic N) is 1. The second kappa shape index (κ2) is 5.77. The molecular formula is C13H16N2S. The van der Waals surface area contributed by atoms with E-state index in [0.717, 1.165) is 19.5 Å². The molecule has 0 aliphatic rings.